The number of hydrogen-bond acceptors (Lipinski definition) is 5. The van der Waals surface area contributed by atoms with Gasteiger partial charge in [0.1, 0.15) is 5.75 Å². The van der Waals surface area contributed by atoms with Gasteiger partial charge in [-0.25, -0.2) is 4.90 Å². The fourth-order valence-corrected chi connectivity index (χ4v) is 6.83. The van der Waals surface area contributed by atoms with E-state index in [1.54, 1.807) is 32.1 Å². The summed E-state index contributed by atoms with van der Waals surface area (Å²) in [5.41, 5.74) is -1.79. The van der Waals surface area contributed by atoms with Gasteiger partial charge in [0.25, 0.3) is 0 Å². The lowest BCUT2D eigenvalue weighted by Gasteiger charge is -2.38. The SMILES string of the molecule is CC/C(=C\c1cc(Br)ccc1O)CC[C@@H](O)C1=C(C(C)C)C[C@H]2C(=O)N(c3cc(C(F)(F)F)cc(C(F)(F)F)c3)C(=O)[C@H]2[C@H]1CO. The maximum atomic E-state index is 13.8. The molecule has 3 N–H and O–H groups in total. The number of carbonyl (C=O) groups is 2. The minimum absolute atomic E-state index is 0.0558. The number of imide groups is 1. The molecule has 46 heavy (non-hydrogen) atoms. The van der Waals surface area contributed by atoms with E-state index < -0.39 is 71.4 Å². The van der Waals surface area contributed by atoms with Crippen molar-refractivity contribution in [3.63, 3.8) is 0 Å². The Morgan fingerprint density at radius 1 is 1.02 bits per heavy atom. The highest BCUT2D eigenvalue weighted by atomic mass is 79.9. The molecule has 0 unspecified atom stereocenters. The lowest BCUT2D eigenvalue weighted by molar-refractivity contribution is -0.143. The van der Waals surface area contributed by atoms with Crippen LogP contribution in [0.3, 0.4) is 0 Å². The number of allylic oxidation sites excluding steroid dienone is 2. The average Bonchev–Trinajstić information content (AvgIpc) is 3.23. The van der Waals surface area contributed by atoms with Crippen molar-refractivity contribution in [2.75, 3.05) is 11.5 Å². The molecule has 1 aliphatic carbocycles. The molecule has 4 rings (SSSR count). The monoisotopic (exact) mass is 717 g/mol. The Kier molecular flexibility index (Phi) is 10.5. The summed E-state index contributed by atoms with van der Waals surface area (Å²) >= 11 is 3.37. The molecule has 0 radical (unpaired) electrons. The second kappa shape index (κ2) is 13.5. The molecule has 1 aliphatic heterocycles. The van der Waals surface area contributed by atoms with Gasteiger partial charge in [0.2, 0.25) is 11.8 Å². The van der Waals surface area contributed by atoms with Gasteiger partial charge in [-0.3, -0.25) is 9.59 Å². The van der Waals surface area contributed by atoms with E-state index in [1.807, 2.05) is 6.92 Å². The summed E-state index contributed by atoms with van der Waals surface area (Å²) in [5.74, 6) is -5.73. The minimum Gasteiger partial charge on any atom is -0.507 e. The van der Waals surface area contributed by atoms with Crippen LogP contribution < -0.4 is 4.90 Å². The molecule has 13 heteroatoms. The average molecular weight is 719 g/mol. The first-order valence-electron chi connectivity index (χ1n) is 14.8. The van der Waals surface area contributed by atoms with Crippen molar-refractivity contribution in [2.24, 2.45) is 23.7 Å². The van der Waals surface area contributed by atoms with Gasteiger partial charge >= 0.3 is 12.4 Å². The summed E-state index contributed by atoms with van der Waals surface area (Å²) < 4.78 is 82.3. The molecule has 250 valence electrons. The Bertz CT molecular complexity index is 1530. The normalized spacial score (nSPS) is 21.8. The van der Waals surface area contributed by atoms with E-state index in [0.717, 1.165) is 10.0 Å². The number of aliphatic hydroxyl groups excluding tert-OH is 2. The number of fused-ring (bicyclic) bond motifs is 1. The highest BCUT2D eigenvalue weighted by Crippen LogP contribution is 2.50. The van der Waals surface area contributed by atoms with Crippen molar-refractivity contribution < 1.29 is 51.3 Å². The smallest absolute Gasteiger partial charge is 0.416 e. The first-order valence-corrected chi connectivity index (χ1v) is 15.5. The third-order valence-corrected chi connectivity index (χ3v) is 9.24. The summed E-state index contributed by atoms with van der Waals surface area (Å²) in [5, 5.41) is 32.3. The van der Waals surface area contributed by atoms with E-state index in [1.165, 1.54) is 6.07 Å². The maximum absolute atomic E-state index is 13.8. The van der Waals surface area contributed by atoms with E-state index in [2.05, 4.69) is 15.9 Å². The Hall–Kier alpha value is -3.16. The molecule has 0 bridgehead atoms. The second-order valence-electron chi connectivity index (χ2n) is 12.0. The largest absolute Gasteiger partial charge is 0.507 e. The molecular weight excluding hydrogens is 684 g/mol. The molecule has 2 aromatic rings. The quantitative estimate of drug-likeness (QED) is 0.139. The molecule has 0 spiro atoms. The van der Waals surface area contributed by atoms with Crippen LogP contribution in [0.25, 0.3) is 6.08 Å². The van der Waals surface area contributed by atoms with Crippen molar-refractivity contribution in [1.82, 2.24) is 0 Å². The number of aliphatic hydroxyl groups is 2. The Morgan fingerprint density at radius 3 is 2.15 bits per heavy atom. The molecule has 1 saturated heterocycles. The number of nitrogens with zero attached hydrogens (tertiary/aromatic N) is 1. The van der Waals surface area contributed by atoms with Crippen LogP contribution in [0.2, 0.25) is 0 Å². The molecule has 4 atom stereocenters. The molecule has 0 saturated carbocycles. The van der Waals surface area contributed by atoms with Crippen molar-refractivity contribution in [3.8, 4) is 5.75 Å². The van der Waals surface area contributed by atoms with Crippen LogP contribution in [-0.2, 0) is 21.9 Å². The topological polar surface area (TPSA) is 98.1 Å². The number of amides is 2. The predicted octanol–water partition coefficient (Wildman–Crippen LogP) is 7.90. The first kappa shape index (κ1) is 35.7. The van der Waals surface area contributed by atoms with Gasteiger partial charge in [0.05, 0.1) is 41.4 Å². The number of alkyl halides is 6. The minimum atomic E-state index is -5.19. The Labute approximate surface area is 270 Å². The molecule has 2 aliphatic rings. The summed E-state index contributed by atoms with van der Waals surface area (Å²) in [6.07, 6.45) is -8.70. The number of phenols is 1. The van der Waals surface area contributed by atoms with Gasteiger partial charge in [-0.15, -0.1) is 0 Å². The standard InChI is InChI=1S/C33H34BrF6NO5/c1-4-17(9-18-10-21(34)6-8-26(18)43)5-7-27(44)28-23(16(2)3)14-24-29(25(28)15-42)31(46)41(30(24)45)22-12-19(32(35,36)37)11-20(13-22)33(38,39)40/h6,8-13,16,24-25,27,29,42-44H,4-5,7,14-15H2,1-3H3/b17-9+/t24-,25+,27-,29-/m1/s1. The molecule has 2 amide bonds. The summed E-state index contributed by atoms with van der Waals surface area (Å²) in [7, 11) is 0. The number of anilines is 1. The van der Waals surface area contributed by atoms with E-state index in [9.17, 15) is 51.3 Å². The fraction of sp³-hybridized carbons (Fsp3) is 0.455. The van der Waals surface area contributed by atoms with Crippen molar-refractivity contribution in [2.45, 2.75) is 64.9 Å². The summed E-state index contributed by atoms with van der Waals surface area (Å²) in [6, 6.07) is 5.55. The predicted molar refractivity (Wildman–Crippen MR) is 162 cm³/mol. The summed E-state index contributed by atoms with van der Waals surface area (Å²) in [4.78, 5) is 27.7. The zero-order valence-electron chi connectivity index (χ0n) is 25.2. The van der Waals surface area contributed by atoms with Gasteiger partial charge in [-0.1, -0.05) is 53.9 Å². The molecule has 6 nitrogen and oxygen atoms in total. The first-order chi connectivity index (χ1) is 21.4. The van der Waals surface area contributed by atoms with Crippen LogP contribution in [0, 0.1) is 23.7 Å². The van der Waals surface area contributed by atoms with Crippen LogP contribution >= 0.6 is 15.9 Å². The fourth-order valence-electron chi connectivity index (χ4n) is 6.46. The summed E-state index contributed by atoms with van der Waals surface area (Å²) in [6.45, 7) is 4.82. The van der Waals surface area contributed by atoms with Gasteiger partial charge in [-0.2, -0.15) is 26.3 Å². The highest BCUT2D eigenvalue weighted by Gasteiger charge is 2.56. The molecule has 1 heterocycles. The van der Waals surface area contributed by atoms with Crippen LogP contribution in [0.15, 0.2) is 57.6 Å². The molecular formula is C33H34BrF6NO5. The molecule has 2 aromatic carbocycles. The van der Waals surface area contributed by atoms with Gasteiger partial charge in [-0.05, 0) is 73.6 Å². The van der Waals surface area contributed by atoms with Crippen LogP contribution in [-0.4, -0.2) is 39.8 Å². The van der Waals surface area contributed by atoms with Crippen molar-refractivity contribution in [1.29, 1.82) is 0 Å². The van der Waals surface area contributed by atoms with Gasteiger partial charge in [0.15, 0.2) is 0 Å². The Balaban J connectivity index is 1.69. The van der Waals surface area contributed by atoms with E-state index in [4.69, 9.17) is 0 Å². The van der Waals surface area contributed by atoms with Gasteiger partial charge < -0.3 is 15.3 Å². The maximum Gasteiger partial charge on any atom is 0.416 e. The molecule has 1 fully saturated rings. The number of carbonyl (C=O) groups excluding carboxylic acids is 2. The number of benzene rings is 2. The molecule has 0 aromatic heterocycles. The van der Waals surface area contributed by atoms with Crippen molar-refractivity contribution >= 4 is 39.5 Å². The second-order valence-corrected chi connectivity index (χ2v) is 12.9. The number of rotatable bonds is 9. The number of halogens is 7. The number of hydrogen-bond donors (Lipinski definition) is 3. The van der Waals surface area contributed by atoms with Crippen LogP contribution in [0.1, 0.15) is 63.1 Å². The number of aromatic hydroxyl groups is 1. The lowest BCUT2D eigenvalue weighted by Crippen LogP contribution is -2.40. The van der Waals surface area contributed by atoms with Crippen LogP contribution in [0.5, 0.6) is 5.75 Å². The third-order valence-electron chi connectivity index (χ3n) is 8.75. The Morgan fingerprint density at radius 2 is 1.63 bits per heavy atom. The van der Waals surface area contributed by atoms with Crippen molar-refractivity contribution in [3.05, 3.63) is 74.3 Å². The highest BCUT2D eigenvalue weighted by molar-refractivity contribution is 9.10. The van der Waals surface area contributed by atoms with E-state index in [0.29, 0.717) is 46.6 Å². The van der Waals surface area contributed by atoms with E-state index in [-0.39, 0.29) is 30.6 Å². The third kappa shape index (κ3) is 7.21. The van der Waals surface area contributed by atoms with Gasteiger partial charge in [0, 0.05) is 16.0 Å². The van der Waals surface area contributed by atoms with Crippen LogP contribution in [0.4, 0.5) is 32.0 Å². The van der Waals surface area contributed by atoms with E-state index >= 15 is 0 Å². The lowest BCUT2D eigenvalue weighted by atomic mass is 9.66. The zero-order chi connectivity index (χ0) is 34.3. The number of phenolic OH excluding ortho intramolecular Hbond substituents is 1. The zero-order valence-corrected chi connectivity index (χ0v) is 26.8.